The quantitative estimate of drug-likeness (QED) is 0.874. The van der Waals surface area contributed by atoms with Crippen LogP contribution in [0.25, 0.3) is 0 Å². The van der Waals surface area contributed by atoms with Gasteiger partial charge in [0, 0.05) is 0 Å². The molecule has 4 nitrogen and oxygen atoms in total. The third-order valence-electron chi connectivity index (χ3n) is 2.68. The molecule has 1 aromatic heterocycles. The lowest BCUT2D eigenvalue weighted by Gasteiger charge is -2.03. The van der Waals surface area contributed by atoms with Gasteiger partial charge in [0.1, 0.15) is 0 Å². The van der Waals surface area contributed by atoms with Gasteiger partial charge in [-0.25, -0.2) is 0 Å². The van der Waals surface area contributed by atoms with Crippen molar-refractivity contribution in [3.63, 3.8) is 0 Å². The Balaban J connectivity index is 2.16. The van der Waals surface area contributed by atoms with Crippen LogP contribution >= 0.6 is 0 Å². The largest absolute Gasteiger partial charge is 0.424 e. The van der Waals surface area contributed by atoms with E-state index in [1.54, 1.807) is 0 Å². The molecule has 2 rings (SSSR count). The second kappa shape index (κ2) is 5.10. The third-order valence-corrected chi connectivity index (χ3v) is 2.68. The highest BCUT2D eigenvalue weighted by Crippen LogP contribution is 2.15. The Kier molecular flexibility index (Phi) is 3.54. The summed E-state index contributed by atoms with van der Waals surface area (Å²) in [4.78, 5) is 0. The van der Waals surface area contributed by atoms with Crippen LogP contribution in [0.1, 0.15) is 28.5 Å². The Morgan fingerprint density at radius 2 is 1.94 bits per heavy atom. The van der Waals surface area contributed by atoms with Crippen LogP contribution in [0.3, 0.4) is 0 Å². The summed E-state index contributed by atoms with van der Waals surface area (Å²) >= 11 is 0. The Bertz CT molecular complexity index is 505. The molecule has 90 valence electrons. The van der Waals surface area contributed by atoms with Crippen molar-refractivity contribution in [2.75, 3.05) is 7.05 Å². The molecule has 0 unspecified atom stereocenters. The standard InChI is InChI=1S/C13H17N3O/c1-9-4-5-10(2)11(6-9)7-12-15-16-13(17-12)8-14-3/h4-6,14H,7-8H2,1-3H3. The maximum atomic E-state index is 5.54. The van der Waals surface area contributed by atoms with Crippen LogP contribution in [0.2, 0.25) is 0 Å². The second-order valence-corrected chi connectivity index (χ2v) is 4.23. The average Bonchev–Trinajstić information content (AvgIpc) is 2.72. The van der Waals surface area contributed by atoms with Crippen molar-refractivity contribution in [2.45, 2.75) is 26.8 Å². The van der Waals surface area contributed by atoms with Crippen LogP contribution in [-0.2, 0) is 13.0 Å². The van der Waals surface area contributed by atoms with Crippen LogP contribution in [0.5, 0.6) is 0 Å². The fraction of sp³-hybridized carbons (Fsp3) is 0.385. The summed E-state index contributed by atoms with van der Waals surface area (Å²) in [5.41, 5.74) is 3.74. The van der Waals surface area contributed by atoms with Crippen molar-refractivity contribution in [3.05, 3.63) is 46.7 Å². The molecule has 2 aromatic rings. The number of nitrogens with zero attached hydrogens (tertiary/aromatic N) is 2. The van der Waals surface area contributed by atoms with Gasteiger partial charge in [-0.15, -0.1) is 10.2 Å². The molecular weight excluding hydrogens is 214 g/mol. The predicted molar refractivity (Wildman–Crippen MR) is 65.8 cm³/mol. The lowest BCUT2D eigenvalue weighted by Crippen LogP contribution is -2.04. The number of rotatable bonds is 4. The average molecular weight is 231 g/mol. The fourth-order valence-electron chi connectivity index (χ4n) is 1.74. The molecule has 0 saturated carbocycles. The van der Waals surface area contributed by atoms with Gasteiger partial charge in [-0.3, -0.25) is 0 Å². The summed E-state index contributed by atoms with van der Waals surface area (Å²) < 4.78 is 5.54. The lowest BCUT2D eigenvalue weighted by molar-refractivity contribution is 0.447. The number of aromatic nitrogens is 2. The maximum Gasteiger partial charge on any atom is 0.230 e. The van der Waals surface area contributed by atoms with Crippen molar-refractivity contribution in [1.82, 2.24) is 15.5 Å². The fourth-order valence-corrected chi connectivity index (χ4v) is 1.74. The van der Waals surface area contributed by atoms with Crippen molar-refractivity contribution in [3.8, 4) is 0 Å². The van der Waals surface area contributed by atoms with Gasteiger partial charge in [-0.1, -0.05) is 23.8 Å². The van der Waals surface area contributed by atoms with Gasteiger partial charge in [-0.05, 0) is 32.0 Å². The van der Waals surface area contributed by atoms with Crippen LogP contribution in [0.4, 0.5) is 0 Å². The molecular formula is C13H17N3O. The van der Waals surface area contributed by atoms with E-state index in [9.17, 15) is 0 Å². The Labute approximate surface area is 101 Å². The first-order chi connectivity index (χ1) is 8.19. The molecule has 4 heteroatoms. The molecule has 0 radical (unpaired) electrons. The van der Waals surface area contributed by atoms with Gasteiger partial charge in [0.2, 0.25) is 11.8 Å². The highest BCUT2D eigenvalue weighted by Gasteiger charge is 2.08. The van der Waals surface area contributed by atoms with Crippen molar-refractivity contribution >= 4 is 0 Å². The lowest BCUT2D eigenvalue weighted by atomic mass is 10.0. The van der Waals surface area contributed by atoms with E-state index in [4.69, 9.17) is 4.42 Å². The molecule has 0 spiro atoms. The minimum absolute atomic E-state index is 0.611. The normalized spacial score (nSPS) is 10.8. The van der Waals surface area contributed by atoms with Crippen molar-refractivity contribution in [1.29, 1.82) is 0 Å². The summed E-state index contributed by atoms with van der Waals surface area (Å²) in [5.74, 6) is 1.30. The third kappa shape index (κ3) is 2.91. The second-order valence-electron chi connectivity index (χ2n) is 4.23. The van der Waals surface area contributed by atoms with Gasteiger partial charge in [-0.2, -0.15) is 0 Å². The van der Waals surface area contributed by atoms with E-state index in [0.717, 1.165) is 0 Å². The van der Waals surface area contributed by atoms with Crippen LogP contribution in [-0.4, -0.2) is 17.2 Å². The molecule has 0 atom stereocenters. The zero-order valence-corrected chi connectivity index (χ0v) is 10.4. The molecule has 1 N–H and O–H groups in total. The summed E-state index contributed by atoms with van der Waals surface area (Å²) in [6.07, 6.45) is 0.699. The van der Waals surface area contributed by atoms with E-state index in [-0.39, 0.29) is 0 Å². The minimum atomic E-state index is 0.611. The summed E-state index contributed by atoms with van der Waals surface area (Å²) in [6.45, 7) is 4.79. The molecule has 0 aliphatic carbocycles. The first-order valence-electron chi connectivity index (χ1n) is 5.71. The number of hydrogen-bond acceptors (Lipinski definition) is 4. The van der Waals surface area contributed by atoms with E-state index >= 15 is 0 Å². The molecule has 1 heterocycles. The van der Waals surface area contributed by atoms with E-state index in [1.165, 1.54) is 16.7 Å². The summed E-state index contributed by atoms with van der Waals surface area (Å²) in [5, 5.41) is 11.0. The molecule has 17 heavy (non-hydrogen) atoms. The molecule has 0 bridgehead atoms. The molecule has 0 saturated heterocycles. The van der Waals surface area contributed by atoms with Gasteiger partial charge >= 0.3 is 0 Å². The first kappa shape index (κ1) is 11.8. The zero-order chi connectivity index (χ0) is 12.3. The van der Waals surface area contributed by atoms with Gasteiger partial charge < -0.3 is 9.73 Å². The Hall–Kier alpha value is -1.68. The monoisotopic (exact) mass is 231 g/mol. The van der Waals surface area contributed by atoms with Crippen molar-refractivity contribution in [2.24, 2.45) is 0 Å². The smallest absolute Gasteiger partial charge is 0.230 e. The van der Waals surface area contributed by atoms with E-state index in [2.05, 4.69) is 47.6 Å². The van der Waals surface area contributed by atoms with Gasteiger partial charge in [0.15, 0.2) is 0 Å². The number of nitrogens with one attached hydrogen (secondary N) is 1. The zero-order valence-electron chi connectivity index (χ0n) is 10.4. The highest BCUT2D eigenvalue weighted by molar-refractivity contribution is 5.32. The molecule has 0 fully saturated rings. The maximum absolute atomic E-state index is 5.54. The van der Waals surface area contributed by atoms with Gasteiger partial charge in [0.05, 0.1) is 13.0 Å². The Morgan fingerprint density at radius 1 is 1.18 bits per heavy atom. The van der Waals surface area contributed by atoms with Crippen LogP contribution in [0, 0.1) is 13.8 Å². The van der Waals surface area contributed by atoms with Crippen LogP contribution in [0.15, 0.2) is 22.6 Å². The van der Waals surface area contributed by atoms with E-state index in [1.807, 2.05) is 7.05 Å². The molecule has 0 aliphatic rings. The molecule has 0 amide bonds. The van der Waals surface area contributed by atoms with Crippen molar-refractivity contribution < 1.29 is 4.42 Å². The SMILES string of the molecule is CNCc1nnc(Cc2cc(C)ccc2C)o1. The first-order valence-corrected chi connectivity index (χ1v) is 5.71. The number of benzene rings is 1. The van der Waals surface area contributed by atoms with Gasteiger partial charge in [0.25, 0.3) is 0 Å². The summed E-state index contributed by atoms with van der Waals surface area (Å²) in [7, 11) is 1.86. The summed E-state index contributed by atoms with van der Waals surface area (Å²) in [6, 6.07) is 6.39. The number of hydrogen-bond donors (Lipinski definition) is 1. The van der Waals surface area contributed by atoms with Crippen LogP contribution < -0.4 is 5.32 Å². The van der Waals surface area contributed by atoms with E-state index in [0.29, 0.717) is 24.7 Å². The highest BCUT2D eigenvalue weighted by atomic mass is 16.4. The molecule has 0 aliphatic heterocycles. The van der Waals surface area contributed by atoms with E-state index < -0.39 is 0 Å². The predicted octanol–water partition coefficient (Wildman–Crippen LogP) is 2.00. The topological polar surface area (TPSA) is 51.0 Å². The minimum Gasteiger partial charge on any atom is -0.424 e. The molecule has 1 aromatic carbocycles. The Morgan fingerprint density at radius 3 is 2.71 bits per heavy atom. The number of aryl methyl sites for hydroxylation is 2.